The van der Waals surface area contributed by atoms with Crippen LogP contribution in [0, 0.1) is 5.92 Å². The average Bonchev–Trinajstić information content (AvgIpc) is 3.38. The van der Waals surface area contributed by atoms with Crippen molar-refractivity contribution >= 4 is 23.9 Å². The predicted octanol–water partition coefficient (Wildman–Crippen LogP) is 3.55. The van der Waals surface area contributed by atoms with E-state index in [0.29, 0.717) is 36.9 Å². The number of carbonyl (C=O) groups excluding carboxylic acids is 2. The summed E-state index contributed by atoms with van der Waals surface area (Å²) in [6.45, 7) is 10.8. The Labute approximate surface area is 222 Å². The van der Waals surface area contributed by atoms with E-state index >= 15 is 0 Å². The van der Waals surface area contributed by atoms with E-state index in [1.54, 1.807) is 17.2 Å². The second-order valence-corrected chi connectivity index (χ2v) is 10.9. The molecule has 0 radical (unpaired) electrons. The summed E-state index contributed by atoms with van der Waals surface area (Å²) in [7, 11) is 1.25. The minimum atomic E-state index is -1.12. The molecule has 0 aliphatic carbocycles. The number of hydrogen-bond donors (Lipinski definition) is 3. The zero-order chi connectivity index (χ0) is 28.0. The molecule has 12 nitrogen and oxygen atoms in total. The van der Waals surface area contributed by atoms with Gasteiger partial charge in [0.05, 0.1) is 32.0 Å². The second-order valence-electron chi connectivity index (χ2n) is 10.9. The number of likely N-dealkylation sites (tertiary alicyclic amines) is 1. The highest BCUT2D eigenvalue weighted by Crippen LogP contribution is 2.26. The molecule has 2 atom stereocenters. The number of anilines is 1. The Balaban J connectivity index is 1.97. The molecule has 38 heavy (non-hydrogen) atoms. The maximum absolute atomic E-state index is 14.1. The molecule has 208 valence electrons. The summed E-state index contributed by atoms with van der Waals surface area (Å²) in [5, 5.41) is 15.6. The summed E-state index contributed by atoms with van der Waals surface area (Å²) in [5.41, 5.74) is -0.0755. The summed E-state index contributed by atoms with van der Waals surface area (Å²) < 4.78 is 10.1. The molecule has 2 aromatic rings. The van der Waals surface area contributed by atoms with E-state index in [1.165, 1.54) is 18.2 Å². The van der Waals surface area contributed by atoms with Crippen LogP contribution in [0.2, 0.25) is 0 Å². The van der Waals surface area contributed by atoms with E-state index in [4.69, 9.17) is 14.1 Å². The number of furan rings is 1. The van der Waals surface area contributed by atoms with Gasteiger partial charge in [-0.3, -0.25) is 4.79 Å². The normalized spacial score (nSPS) is 17.7. The van der Waals surface area contributed by atoms with Crippen molar-refractivity contribution in [2.45, 2.75) is 65.1 Å². The smallest absolute Gasteiger partial charge is 0.407 e. The molecule has 1 aliphatic rings. The molecule has 1 aliphatic heterocycles. The number of amides is 3. The summed E-state index contributed by atoms with van der Waals surface area (Å²) in [6.07, 6.45) is 1.69. The van der Waals surface area contributed by atoms with Crippen molar-refractivity contribution in [1.82, 2.24) is 25.1 Å². The third-order valence-corrected chi connectivity index (χ3v) is 6.17. The van der Waals surface area contributed by atoms with Crippen LogP contribution in [-0.2, 0) is 16.7 Å². The van der Waals surface area contributed by atoms with Gasteiger partial charge in [0.1, 0.15) is 23.0 Å². The van der Waals surface area contributed by atoms with Gasteiger partial charge in [-0.1, -0.05) is 34.6 Å². The van der Waals surface area contributed by atoms with Crippen LogP contribution in [0.25, 0.3) is 0 Å². The first-order chi connectivity index (χ1) is 17.9. The fourth-order valence-electron chi connectivity index (χ4n) is 4.35. The van der Waals surface area contributed by atoms with Crippen molar-refractivity contribution in [2.24, 2.45) is 5.92 Å². The van der Waals surface area contributed by atoms with Gasteiger partial charge in [0.15, 0.2) is 0 Å². The first kappa shape index (κ1) is 28.7. The summed E-state index contributed by atoms with van der Waals surface area (Å²) >= 11 is 0. The zero-order valence-corrected chi connectivity index (χ0v) is 22.9. The van der Waals surface area contributed by atoms with Crippen molar-refractivity contribution in [3.05, 3.63) is 41.7 Å². The highest BCUT2D eigenvalue weighted by atomic mass is 16.5. The zero-order valence-electron chi connectivity index (χ0n) is 22.9. The molecule has 1 saturated heterocycles. The van der Waals surface area contributed by atoms with Gasteiger partial charge >= 0.3 is 12.2 Å². The third-order valence-electron chi connectivity index (χ3n) is 6.17. The Morgan fingerprint density at radius 3 is 2.61 bits per heavy atom. The van der Waals surface area contributed by atoms with Crippen molar-refractivity contribution in [1.29, 1.82) is 0 Å². The van der Waals surface area contributed by atoms with Crippen LogP contribution in [0.15, 0.2) is 29.0 Å². The summed E-state index contributed by atoms with van der Waals surface area (Å²) in [4.78, 5) is 49.9. The van der Waals surface area contributed by atoms with Crippen LogP contribution < -0.4 is 10.6 Å². The van der Waals surface area contributed by atoms with Crippen LogP contribution in [0.3, 0.4) is 0 Å². The highest BCUT2D eigenvalue weighted by Gasteiger charge is 2.37. The van der Waals surface area contributed by atoms with Crippen molar-refractivity contribution in [2.75, 3.05) is 32.1 Å². The minimum Gasteiger partial charge on any atom is -0.467 e. The van der Waals surface area contributed by atoms with Gasteiger partial charge in [-0.15, -0.1) is 0 Å². The lowest BCUT2D eigenvalue weighted by molar-refractivity contribution is 0.0449. The van der Waals surface area contributed by atoms with E-state index in [-0.39, 0.29) is 35.9 Å². The number of ether oxygens (including phenoxy) is 1. The molecule has 12 heteroatoms. The van der Waals surface area contributed by atoms with Crippen LogP contribution in [0.5, 0.6) is 0 Å². The molecule has 2 aromatic heterocycles. The fraction of sp³-hybridized carbons (Fsp3) is 0.577. The number of nitrogens with one attached hydrogen (secondary N) is 2. The number of nitrogens with zero attached hydrogens (tertiary/aromatic N) is 4. The van der Waals surface area contributed by atoms with Gasteiger partial charge in [-0.2, -0.15) is 0 Å². The molecule has 3 N–H and O–H groups in total. The van der Waals surface area contributed by atoms with Crippen molar-refractivity contribution in [3.63, 3.8) is 0 Å². The highest BCUT2D eigenvalue weighted by molar-refractivity contribution is 5.98. The average molecular weight is 531 g/mol. The molecule has 0 unspecified atom stereocenters. The molecule has 3 heterocycles. The van der Waals surface area contributed by atoms with Gasteiger partial charge in [-0.25, -0.2) is 19.6 Å². The molecule has 0 aromatic carbocycles. The largest absolute Gasteiger partial charge is 0.467 e. The molecule has 0 saturated carbocycles. The van der Waals surface area contributed by atoms with E-state index in [1.807, 2.05) is 40.7 Å². The molecule has 0 spiro atoms. The topological polar surface area (TPSA) is 150 Å². The lowest BCUT2D eigenvalue weighted by Gasteiger charge is -2.42. The molecular formula is C26H38N6O6. The van der Waals surface area contributed by atoms with Gasteiger partial charge in [0, 0.05) is 31.2 Å². The lowest BCUT2D eigenvalue weighted by atomic mass is 9.95. The number of hydrogen-bond acceptors (Lipinski definition) is 8. The second kappa shape index (κ2) is 12.1. The Bertz CT molecular complexity index is 1110. The molecule has 3 amide bonds. The number of aromatic nitrogens is 2. The summed E-state index contributed by atoms with van der Waals surface area (Å²) in [6, 6.07) is 2.60. The maximum Gasteiger partial charge on any atom is 0.407 e. The van der Waals surface area contributed by atoms with Crippen LogP contribution >= 0.6 is 0 Å². The molecule has 1 fully saturated rings. The quantitative estimate of drug-likeness (QED) is 0.465. The number of carbonyl (C=O) groups is 3. The van der Waals surface area contributed by atoms with Crippen LogP contribution in [0.1, 0.15) is 63.0 Å². The number of piperidine rings is 1. The number of carboxylic acid groups (broad SMARTS) is 1. The molecule has 3 rings (SSSR count). The number of methoxy groups -OCH3 is 1. The SMILES string of the molecule is COC(=O)N[C@@H]1C[C@H](N(CC(C)C)C(=O)c2cnc(C(C)(C)C)nc2NCc2ccco2)CN(C(=O)O)C1. The van der Waals surface area contributed by atoms with E-state index < -0.39 is 24.3 Å². The number of alkyl carbamates (subject to hydrolysis) is 1. The Morgan fingerprint density at radius 1 is 1.29 bits per heavy atom. The van der Waals surface area contributed by atoms with Gasteiger partial charge in [0.2, 0.25) is 0 Å². The predicted molar refractivity (Wildman–Crippen MR) is 140 cm³/mol. The standard InChI is InChI=1S/C26H38N6O6/c1-16(2)13-32(18-10-17(29-24(34)37-6)14-31(15-18)25(35)36)22(33)20-12-28-23(26(3,4)5)30-21(20)27-11-19-8-7-9-38-19/h7-9,12,16-18H,10-11,13-15H2,1-6H3,(H,29,34)(H,35,36)(H,27,28,30)/t17-,18+/m1/s1. The first-order valence-corrected chi connectivity index (χ1v) is 12.7. The van der Waals surface area contributed by atoms with Crippen LogP contribution in [-0.4, -0.2) is 81.8 Å². The van der Waals surface area contributed by atoms with E-state index in [9.17, 15) is 19.5 Å². The van der Waals surface area contributed by atoms with Gasteiger partial charge in [-0.05, 0) is 24.5 Å². The van der Waals surface area contributed by atoms with Crippen LogP contribution in [0.4, 0.5) is 15.4 Å². The fourth-order valence-corrected chi connectivity index (χ4v) is 4.35. The van der Waals surface area contributed by atoms with Crippen molar-refractivity contribution < 1.29 is 28.6 Å². The van der Waals surface area contributed by atoms with Gasteiger partial charge < -0.3 is 34.7 Å². The summed E-state index contributed by atoms with van der Waals surface area (Å²) in [5.74, 6) is 1.40. The van der Waals surface area contributed by atoms with Crippen molar-refractivity contribution in [3.8, 4) is 0 Å². The Kier molecular flexibility index (Phi) is 9.18. The Hall–Kier alpha value is -3.83. The van der Waals surface area contributed by atoms with E-state index in [2.05, 4.69) is 15.6 Å². The molecular weight excluding hydrogens is 492 g/mol. The van der Waals surface area contributed by atoms with E-state index in [0.717, 1.165) is 0 Å². The maximum atomic E-state index is 14.1. The monoisotopic (exact) mass is 530 g/mol. The lowest BCUT2D eigenvalue weighted by Crippen LogP contribution is -2.59. The molecule has 0 bridgehead atoms. The third kappa shape index (κ3) is 7.36. The Morgan fingerprint density at radius 2 is 2.03 bits per heavy atom. The first-order valence-electron chi connectivity index (χ1n) is 12.7. The van der Waals surface area contributed by atoms with Gasteiger partial charge in [0.25, 0.3) is 5.91 Å². The minimum absolute atomic E-state index is 0.0977. The number of rotatable bonds is 8.